The van der Waals surface area contributed by atoms with E-state index in [1.165, 1.54) is 12.4 Å². The fourth-order valence-electron chi connectivity index (χ4n) is 7.03. The number of hydrogen-bond donors (Lipinski definition) is 3. The lowest BCUT2D eigenvalue weighted by Gasteiger charge is -2.52. The molecule has 2 aliphatic carbocycles. The van der Waals surface area contributed by atoms with Gasteiger partial charge in [0, 0.05) is 35.6 Å². The monoisotopic (exact) mass is 603 g/mol. The van der Waals surface area contributed by atoms with Crippen molar-refractivity contribution in [1.29, 1.82) is 0 Å². The van der Waals surface area contributed by atoms with Gasteiger partial charge in [-0.1, -0.05) is 18.5 Å². The van der Waals surface area contributed by atoms with Gasteiger partial charge in [0.25, 0.3) is 0 Å². The third-order valence-corrected chi connectivity index (χ3v) is 9.95. The second-order valence-corrected chi connectivity index (χ2v) is 11.7. The molecular formula is C28H33Cl2N6O5-. The van der Waals surface area contributed by atoms with E-state index in [2.05, 4.69) is 25.3 Å². The fourth-order valence-corrected chi connectivity index (χ4v) is 7.20. The van der Waals surface area contributed by atoms with Crippen molar-refractivity contribution in [3.63, 3.8) is 0 Å². The Morgan fingerprint density at radius 2 is 1.78 bits per heavy atom. The van der Waals surface area contributed by atoms with E-state index >= 15 is 0 Å². The first-order valence-electron chi connectivity index (χ1n) is 13.7. The zero-order valence-corrected chi connectivity index (χ0v) is 24.2. The van der Waals surface area contributed by atoms with E-state index in [1.54, 1.807) is 19.3 Å². The molecule has 1 aromatic heterocycles. The molecule has 2 fully saturated rings. The Balaban J connectivity index is 0.00000387. The predicted octanol–water partition coefficient (Wildman–Crippen LogP) is -1.73. The summed E-state index contributed by atoms with van der Waals surface area (Å²) in [5, 5.41) is 26.2. The normalized spacial score (nSPS) is 31.2. The van der Waals surface area contributed by atoms with Crippen LogP contribution in [0, 0.1) is 28.6 Å². The molecule has 1 aromatic rings. The van der Waals surface area contributed by atoms with Crippen LogP contribution in [0.5, 0.6) is 0 Å². The number of nitrogens with zero attached hydrogens (tertiary/aromatic N) is 4. The highest BCUT2D eigenvalue weighted by atomic mass is 35.5. The van der Waals surface area contributed by atoms with E-state index in [-0.39, 0.29) is 54.7 Å². The number of hydrogen-bond acceptors (Lipinski definition) is 8. The predicted molar refractivity (Wildman–Crippen MR) is 144 cm³/mol. The number of carbonyl (C=O) groups is 3. The Bertz CT molecular complexity index is 1310. The Hall–Kier alpha value is -3.15. The van der Waals surface area contributed by atoms with Crippen molar-refractivity contribution in [2.75, 3.05) is 0 Å². The van der Waals surface area contributed by atoms with Crippen LogP contribution in [-0.4, -0.2) is 45.5 Å². The number of fused-ring (bicyclic) bond motifs is 1. The maximum atomic E-state index is 12.9. The average Bonchev–Trinajstić information content (AvgIpc) is 3.40. The van der Waals surface area contributed by atoms with Gasteiger partial charge in [0.1, 0.15) is 11.9 Å². The molecule has 41 heavy (non-hydrogen) atoms. The number of rotatable bonds is 8. The third-order valence-electron chi connectivity index (χ3n) is 9.63. The van der Waals surface area contributed by atoms with E-state index in [0.717, 1.165) is 16.3 Å². The number of carboxylic acids is 2. The number of halogens is 2. The third kappa shape index (κ3) is 5.67. The standard InChI is InChI=1S/C28H33ClN6O5.ClH/c1-17(27(25(37)38)6-2-18(3-7-27)22-21-15-30-12-13-35(21)16-34-22)28(26(39)40)8-4-19(5-9-28)24(36)33-14-20-23(29)32-11-10-31-20;/h10-13,15-19H,2-9,14H2,1H3,(H,33,36)(H,37,38)(H,39,40);1H/p-1. The fraction of sp³-hybridized carbons (Fsp3) is 0.536. The first-order chi connectivity index (χ1) is 19.2. The smallest absolute Gasteiger partial charge is 0.309 e. The summed E-state index contributed by atoms with van der Waals surface area (Å²) in [6, 6.07) is 0. The second-order valence-electron chi connectivity index (χ2n) is 11.3. The quantitative estimate of drug-likeness (QED) is 0.318. The Morgan fingerprint density at radius 1 is 1.12 bits per heavy atom. The molecular weight excluding hydrogens is 571 g/mol. The van der Waals surface area contributed by atoms with Crippen LogP contribution < -0.4 is 27.7 Å². The summed E-state index contributed by atoms with van der Waals surface area (Å²) < 4.78 is 0. The van der Waals surface area contributed by atoms with Crippen LogP contribution in [0.15, 0.2) is 46.2 Å². The lowest BCUT2D eigenvalue weighted by atomic mass is 9.52. The number of carbonyl (C=O) groups excluding carboxylic acids is 2. The Kier molecular flexibility index (Phi) is 9.30. The first-order valence-corrected chi connectivity index (χ1v) is 14.1. The summed E-state index contributed by atoms with van der Waals surface area (Å²) in [5.74, 6) is -3.38. The van der Waals surface area contributed by atoms with Gasteiger partial charge in [-0.25, -0.2) is 14.9 Å². The Morgan fingerprint density at radius 3 is 2.41 bits per heavy atom. The number of nitrogens with one attached hydrogen (secondary N) is 2. The molecule has 2 atom stereocenters. The van der Waals surface area contributed by atoms with Gasteiger partial charge >= 0.3 is 5.97 Å². The van der Waals surface area contributed by atoms with Crippen molar-refractivity contribution in [3.8, 4) is 0 Å². The lowest BCUT2D eigenvalue weighted by molar-refractivity contribution is -0.682. The van der Waals surface area contributed by atoms with E-state index < -0.39 is 28.7 Å². The molecule has 2 unspecified atom stereocenters. The maximum Gasteiger partial charge on any atom is 0.309 e. The minimum Gasteiger partial charge on any atom is -1.00 e. The van der Waals surface area contributed by atoms with Gasteiger partial charge in [-0.2, -0.15) is 0 Å². The molecule has 0 bridgehead atoms. The van der Waals surface area contributed by atoms with Gasteiger partial charge in [0.2, 0.25) is 5.91 Å². The van der Waals surface area contributed by atoms with Crippen LogP contribution in [0.1, 0.15) is 64.0 Å². The van der Waals surface area contributed by atoms with Gasteiger partial charge in [-0.3, -0.25) is 19.6 Å². The van der Waals surface area contributed by atoms with Crippen molar-refractivity contribution >= 4 is 42.0 Å². The molecule has 0 radical (unpaired) electrons. The topological polar surface area (TPSA) is 161 Å². The average molecular weight is 605 g/mol. The number of carboxylic acid groups (broad SMARTS) is 2. The summed E-state index contributed by atoms with van der Waals surface area (Å²) in [6.07, 6.45) is 13.1. The van der Waals surface area contributed by atoms with Gasteiger partial charge in [-0.05, 0) is 57.3 Å². The minimum atomic E-state index is -1.27. The highest BCUT2D eigenvalue weighted by molar-refractivity contribution is 6.30. The molecule has 2 saturated carbocycles. The second kappa shape index (κ2) is 12.4. The summed E-state index contributed by atoms with van der Waals surface area (Å²) in [4.78, 5) is 56.3. The number of allylic oxidation sites excluding steroid dienone is 2. The number of aliphatic imine (C=N–C) groups is 2. The van der Waals surface area contributed by atoms with E-state index in [9.17, 15) is 24.6 Å². The molecule has 5 rings (SSSR count). The van der Waals surface area contributed by atoms with Crippen LogP contribution >= 0.6 is 11.6 Å². The molecule has 11 nitrogen and oxygen atoms in total. The number of aromatic nitrogens is 2. The maximum absolute atomic E-state index is 12.9. The largest absolute Gasteiger partial charge is 1.00 e. The molecule has 3 N–H and O–H groups in total. The molecule has 13 heteroatoms. The molecule has 4 aliphatic rings. The van der Waals surface area contributed by atoms with Crippen LogP contribution in [-0.2, 0) is 20.9 Å². The highest BCUT2D eigenvalue weighted by Crippen LogP contribution is 2.56. The van der Waals surface area contributed by atoms with Crippen LogP contribution in [0.3, 0.4) is 0 Å². The van der Waals surface area contributed by atoms with Crippen molar-refractivity contribution in [1.82, 2.24) is 15.3 Å². The zero-order chi connectivity index (χ0) is 28.5. The van der Waals surface area contributed by atoms with Crippen LogP contribution in [0.4, 0.5) is 0 Å². The molecule has 3 heterocycles. The highest BCUT2D eigenvalue weighted by Gasteiger charge is 2.56. The summed E-state index contributed by atoms with van der Waals surface area (Å²) in [5.41, 5.74) is -0.179. The van der Waals surface area contributed by atoms with E-state index in [1.807, 2.05) is 12.5 Å². The van der Waals surface area contributed by atoms with Gasteiger partial charge in [0.15, 0.2) is 17.2 Å². The molecule has 0 aromatic carbocycles. The Labute approximate surface area is 249 Å². The lowest BCUT2D eigenvalue weighted by Crippen LogP contribution is -3.04. The van der Waals surface area contributed by atoms with Gasteiger partial charge in [0.05, 0.1) is 30.1 Å². The van der Waals surface area contributed by atoms with Crippen molar-refractivity contribution in [2.45, 2.75) is 64.8 Å². The number of amides is 1. The van der Waals surface area contributed by atoms with Gasteiger partial charge < -0.3 is 32.7 Å². The minimum absolute atomic E-state index is 0. The first kappa shape index (κ1) is 30.8. The summed E-state index contributed by atoms with van der Waals surface area (Å²) in [7, 11) is 0. The van der Waals surface area contributed by atoms with Crippen molar-refractivity contribution in [2.24, 2.45) is 38.6 Å². The van der Waals surface area contributed by atoms with E-state index in [4.69, 9.17) is 11.6 Å². The molecule has 0 saturated heterocycles. The molecule has 2 aliphatic heterocycles. The van der Waals surface area contributed by atoms with Crippen LogP contribution in [0.25, 0.3) is 0 Å². The summed E-state index contributed by atoms with van der Waals surface area (Å²) in [6.45, 7) is 1.88. The van der Waals surface area contributed by atoms with Gasteiger partial charge in [-0.15, -0.1) is 0 Å². The SMILES string of the molecule is CC(C1(C(=O)[O-])CCC(C2=C3C=NC=C[NH+]3C=N2)CC1)C1(C(=O)O)CCC(C(=O)NCc2nccnc2Cl)CC1.[Cl-]. The zero-order valence-electron chi connectivity index (χ0n) is 22.7. The molecule has 1 amide bonds. The van der Waals surface area contributed by atoms with Crippen molar-refractivity contribution in [3.05, 3.63) is 47.0 Å². The summed E-state index contributed by atoms with van der Waals surface area (Å²) >= 11 is 6.03. The van der Waals surface area contributed by atoms with E-state index in [0.29, 0.717) is 44.2 Å². The van der Waals surface area contributed by atoms with Crippen molar-refractivity contribution < 1.29 is 41.9 Å². The molecule has 0 spiro atoms. The number of aliphatic carboxylic acids is 2. The molecule has 220 valence electrons. The number of quaternary nitrogens is 1. The van der Waals surface area contributed by atoms with Crippen LogP contribution in [0.2, 0.25) is 5.15 Å².